The van der Waals surface area contributed by atoms with Gasteiger partial charge in [-0.05, 0) is 41.9 Å². The number of benzene rings is 1. The zero-order valence-electron chi connectivity index (χ0n) is 11.4. The van der Waals surface area contributed by atoms with Crippen molar-refractivity contribution in [1.29, 1.82) is 0 Å². The van der Waals surface area contributed by atoms with E-state index in [1.54, 1.807) is 12.1 Å². The molecule has 0 N–H and O–H groups in total. The van der Waals surface area contributed by atoms with E-state index in [1.165, 1.54) is 12.1 Å². The molecule has 0 fully saturated rings. The molecule has 0 radical (unpaired) electrons. The first kappa shape index (κ1) is 13.7. The highest BCUT2D eigenvalue weighted by atomic mass is 79.9. The lowest BCUT2D eigenvalue weighted by Gasteiger charge is -2.04. The third-order valence-electron chi connectivity index (χ3n) is 3.33. The molecule has 21 heavy (non-hydrogen) atoms. The molecule has 0 amide bonds. The fourth-order valence-electron chi connectivity index (χ4n) is 2.16. The van der Waals surface area contributed by atoms with Crippen LogP contribution in [-0.2, 0) is 0 Å². The molecule has 6 nitrogen and oxygen atoms in total. The Balaban J connectivity index is 2.13. The van der Waals surface area contributed by atoms with Gasteiger partial charge in [0.15, 0.2) is 0 Å². The summed E-state index contributed by atoms with van der Waals surface area (Å²) in [5, 5.41) is 10.7. The molecule has 2 heterocycles. The van der Waals surface area contributed by atoms with Crippen LogP contribution in [0, 0.1) is 24.0 Å². The minimum Gasteiger partial charge on any atom is -0.287 e. The summed E-state index contributed by atoms with van der Waals surface area (Å²) in [6.07, 6.45) is 1.88. The van der Waals surface area contributed by atoms with E-state index >= 15 is 0 Å². The van der Waals surface area contributed by atoms with E-state index in [0.29, 0.717) is 5.78 Å². The van der Waals surface area contributed by atoms with Crippen LogP contribution in [-0.4, -0.2) is 19.3 Å². The second-order valence-corrected chi connectivity index (χ2v) is 5.49. The molecule has 1 aromatic carbocycles. The number of aromatic nitrogens is 3. The standard InChI is InChI=1S/C14H11BrN4O2/c1-8-13(15)9(2)18-7-12(17-14(18)16-8)10-3-5-11(6-4-10)19(20)21/h3-7H,1-2H3. The predicted octanol–water partition coefficient (Wildman–Crippen LogP) is 3.68. The molecule has 0 atom stereocenters. The van der Waals surface area contributed by atoms with Crippen molar-refractivity contribution in [1.82, 2.24) is 14.4 Å². The SMILES string of the molecule is Cc1nc2nc(-c3ccc([N+](=O)[O-])cc3)cn2c(C)c1Br. The molecule has 2 aromatic heterocycles. The third-order valence-corrected chi connectivity index (χ3v) is 4.47. The molecule has 0 spiro atoms. The van der Waals surface area contributed by atoms with Crippen molar-refractivity contribution in [3.05, 3.63) is 56.4 Å². The van der Waals surface area contributed by atoms with Gasteiger partial charge in [0.1, 0.15) is 0 Å². The number of hydrogen-bond acceptors (Lipinski definition) is 4. The van der Waals surface area contributed by atoms with Gasteiger partial charge in [0, 0.05) is 29.6 Å². The largest absolute Gasteiger partial charge is 0.287 e. The van der Waals surface area contributed by atoms with Gasteiger partial charge in [-0.2, -0.15) is 0 Å². The Bertz CT molecular complexity index is 856. The summed E-state index contributed by atoms with van der Waals surface area (Å²) in [6, 6.07) is 6.33. The molecule has 0 unspecified atom stereocenters. The number of nitrogens with zero attached hydrogens (tertiary/aromatic N) is 4. The molecule has 0 aliphatic carbocycles. The van der Waals surface area contributed by atoms with Crippen molar-refractivity contribution < 1.29 is 4.92 Å². The molecular weight excluding hydrogens is 336 g/mol. The number of nitro groups is 1. The molecule has 0 aliphatic rings. The Morgan fingerprint density at radius 2 is 1.86 bits per heavy atom. The smallest absolute Gasteiger partial charge is 0.269 e. The lowest BCUT2D eigenvalue weighted by molar-refractivity contribution is -0.384. The van der Waals surface area contributed by atoms with Gasteiger partial charge < -0.3 is 0 Å². The predicted molar refractivity (Wildman–Crippen MR) is 82.3 cm³/mol. The van der Waals surface area contributed by atoms with Gasteiger partial charge in [-0.15, -0.1) is 0 Å². The van der Waals surface area contributed by atoms with E-state index in [1.807, 2.05) is 24.4 Å². The number of nitro benzene ring substituents is 1. The Morgan fingerprint density at radius 1 is 1.19 bits per heavy atom. The summed E-state index contributed by atoms with van der Waals surface area (Å²) in [6.45, 7) is 3.89. The molecule has 0 saturated carbocycles. The molecule has 7 heteroatoms. The minimum absolute atomic E-state index is 0.0652. The molecular formula is C14H11BrN4O2. The first-order valence-corrected chi connectivity index (χ1v) is 7.03. The van der Waals surface area contributed by atoms with Crippen LogP contribution in [0.5, 0.6) is 0 Å². The number of imidazole rings is 1. The molecule has 0 bridgehead atoms. The monoisotopic (exact) mass is 346 g/mol. The topological polar surface area (TPSA) is 73.3 Å². The van der Waals surface area contributed by atoms with Crippen molar-refractivity contribution in [2.75, 3.05) is 0 Å². The Labute approximate surface area is 128 Å². The summed E-state index contributed by atoms with van der Waals surface area (Å²) < 4.78 is 2.84. The lowest BCUT2D eigenvalue weighted by atomic mass is 10.1. The molecule has 3 rings (SSSR count). The quantitative estimate of drug-likeness (QED) is 0.524. The molecule has 3 aromatic rings. The van der Waals surface area contributed by atoms with Crippen molar-refractivity contribution in [3.63, 3.8) is 0 Å². The lowest BCUT2D eigenvalue weighted by Crippen LogP contribution is -1.97. The number of halogens is 1. The van der Waals surface area contributed by atoms with Crippen LogP contribution < -0.4 is 0 Å². The van der Waals surface area contributed by atoms with Gasteiger partial charge in [-0.25, -0.2) is 9.97 Å². The number of non-ortho nitro benzene ring substituents is 1. The first-order valence-electron chi connectivity index (χ1n) is 6.24. The Hall–Kier alpha value is -2.28. The van der Waals surface area contributed by atoms with Gasteiger partial charge in [-0.1, -0.05) is 0 Å². The maximum Gasteiger partial charge on any atom is 0.269 e. The summed E-state index contributed by atoms with van der Waals surface area (Å²) in [5.74, 6) is 0.613. The zero-order chi connectivity index (χ0) is 15.1. The maximum atomic E-state index is 10.7. The summed E-state index contributed by atoms with van der Waals surface area (Å²) in [7, 11) is 0. The fourth-order valence-corrected chi connectivity index (χ4v) is 2.44. The number of fused-ring (bicyclic) bond motifs is 1. The van der Waals surface area contributed by atoms with Crippen molar-refractivity contribution in [2.24, 2.45) is 0 Å². The minimum atomic E-state index is -0.417. The van der Waals surface area contributed by atoms with Gasteiger partial charge in [0.25, 0.3) is 5.69 Å². The molecule has 106 valence electrons. The van der Waals surface area contributed by atoms with Gasteiger partial charge in [-0.3, -0.25) is 14.5 Å². The maximum absolute atomic E-state index is 10.7. The second-order valence-electron chi connectivity index (χ2n) is 4.70. The van der Waals surface area contributed by atoms with E-state index < -0.39 is 4.92 Å². The zero-order valence-corrected chi connectivity index (χ0v) is 13.0. The Morgan fingerprint density at radius 3 is 2.48 bits per heavy atom. The summed E-state index contributed by atoms with van der Waals surface area (Å²) >= 11 is 3.51. The third kappa shape index (κ3) is 2.29. The number of hydrogen-bond donors (Lipinski definition) is 0. The van der Waals surface area contributed by atoms with Crippen molar-refractivity contribution in [3.8, 4) is 11.3 Å². The first-order chi connectivity index (χ1) is 9.97. The van der Waals surface area contributed by atoms with Crippen LogP contribution in [0.15, 0.2) is 34.9 Å². The van der Waals surface area contributed by atoms with Crippen LogP contribution in [0.1, 0.15) is 11.4 Å². The fraction of sp³-hybridized carbons (Fsp3) is 0.143. The van der Waals surface area contributed by atoms with Crippen molar-refractivity contribution >= 4 is 27.4 Å². The van der Waals surface area contributed by atoms with E-state index in [2.05, 4.69) is 25.9 Å². The van der Waals surface area contributed by atoms with E-state index in [9.17, 15) is 10.1 Å². The van der Waals surface area contributed by atoms with E-state index in [4.69, 9.17) is 0 Å². The highest BCUT2D eigenvalue weighted by Crippen LogP contribution is 2.25. The highest BCUT2D eigenvalue weighted by molar-refractivity contribution is 9.10. The van der Waals surface area contributed by atoms with Crippen LogP contribution in [0.25, 0.3) is 17.0 Å². The Kier molecular flexibility index (Phi) is 3.21. The van der Waals surface area contributed by atoms with Crippen molar-refractivity contribution in [2.45, 2.75) is 13.8 Å². The number of aryl methyl sites for hydroxylation is 2. The average molecular weight is 347 g/mol. The van der Waals surface area contributed by atoms with Gasteiger partial charge >= 0.3 is 0 Å². The second kappa shape index (κ2) is 4.92. The summed E-state index contributed by atoms with van der Waals surface area (Å²) in [4.78, 5) is 19.2. The number of rotatable bonds is 2. The van der Waals surface area contributed by atoms with Crippen LogP contribution in [0.4, 0.5) is 5.69 Å². The average Bonchev–Trinajstić information content (AvgIpc) is 2.89. The highest BCUT2D eigenvalue weighted by Gasteiger charge is 2.12. The summed E-state index contributed by atoms with van der Waals surface area (Å²) in [5.41, 5.74) is 3.51. The van der Waals surface area contributed by atoms with Crippen LogP contribution >= 0.6 is 15.9 Å². The molecule has 0 aliphatic heterocycles. The van der Waals surface area contributed by atoms with Gasteiger partial charge in [0.2, 0.25) is 5.78 Å². The van der Waals surface area contributed by atoms with E-state index in [-0.39, 0.29) is 5.69 Å². The van der Waals surface area contributed by atoms with E-state index in [0.717, 1.165) is 27.1 Å². The van der Waals surface area contributed by atoms with Gasteiger partial charge in [0.05, 0.1) is 20.8 Å². The van der Waals surface area contributed by atoms with Crippen LogP contribution in [0.3, 0.4) is 0 Å². The molecule has 0 saturated heterocycles. The normalized spacial score (nSPS) is 11.0. The van der Waals surface area contributed by atoms with Crippen LogP contribution in [0.2, 0.25) is 0 Å².